The highest BCUT2D eigenvalue weighted by Crippen LogP contribution is 2.35. The molecule has 0 aromatic heterocycles. The Labute approximate surface area is 140 Å². The Balaban J connectivity index is 2.31. The van der Waals surface area contributed by atoms with Crippen LogP contribution in [0.1, 0.15) is 10.4 Å². The summed E-state index contributed by atoms with van der Waals surface area (Å²) < 4.78 is 0. The van der Waals surface area contributed by atoms with Crippen LogP contribution in [0.25, 0.3) is 22.3 Å². The molecule has 0 saturated carbocycles. The topological polar surface area (TPSA) is 29.4 Å². The summed E-state index contributed by atoms with van der Waals surface area (Å²) in [5.74, 6) is -0.378. The van der Waals surface area contributed by atoms with Gasteiger partial charge in [-0.2, -0.15) is 4.99 Å². The smallest absolute Gasteiger partial charge is 0.266 e. The molecular weight excluding hydrogens is 302 g/mol. The molecular formula is C20H13NOS. The third-order valence-electron chi connectivity index (χ3n) is 3.59. The number of thiocarbonyl (C=S) groups is 1. The van der Waals surface area contributed by atoms with E-state index in [4.69, 9.17) is 0 Å². The lowest BCUT2D eigenvalue weighted by molar-refractivity contribution is 0.100. The van der Waals surface area contributed by atoms with Crippen LogP contribution in [0.3, 0.4) is 0 Å². The zero-order valence-electron chi connectivity index (χ0n) is 12.3. The van der Waals surface area contributed by atoms with Gasteiger partial charge in [0.15, 0.2) is 0 Å². The van der Waals surface area contributed by atoms with Crippen LogP contribution < -0.4 is 0 Å². The maximum absolute atomic E-state index is 12.3. The molecule has 0 aliphatic heterocycles. The van der Waals surface area contributed by atoms with Gasteiger partial charge in [-0.3, -0.25) is 4.79 Å². The molecule has 1 amide bonds. The second-order valence-corrected chi connectivity index (χ2v) is 5.15. The van der Waals surface area contributed by atoms with E-state index in [0.29, 0.717) is 5.56 Å². The lowest BCUT2D eigenvalue weighted by atomic mass is 9.90. The summed E-state index contributed by atoms with van der Waals surface area (Å²) in [5, 5.41) is 2.16. The number of carbonyl (C=O) groups is 1. The summed E-state index contributed by atoms with van der Waals surface area (Å²) in [7, 11) is 0. The lowest BCUT2D eigenvalue weighted by Crippen LogP contribution is -2.00. The molecule has 0 aliphatic carbocycles. The minimum Gasteiger partial charge on any atom is -0.266 e. The van der Waals surface area contributed by atoms with Gasteiger partial charge >= 0.3 is 0 Å². The zero-order valence-corrected chi connectivity index (χ0v) is 13.1. The van der Waals surface area contributed by atoms with E-state index in [1.165, 1.54) is 0 Å². The summed E-state index contributed by atoms with van der Waals surface area (Å²) in [4.78, 5) is 16.0. The minimum atomic E-state index is -0.378. The first-order valence-corrected chi connectivity index (χ1v) is 7.58. The highest BCUT2D eigenvalue weighted by molar-refractivity contribution is 7.78. The fourth-order valence-corrected chi connectivity index (χ4v) is 2.69. The average Bonchev–Trinajstić information content (AvgIpc) is 2.63. The molecule has 0 bridgehead atoms. The van der Waals surface area contributed by atoms with Crippen LogP contribution in [-0.4, -0.2) is 11.1 Å². The lowest BCUT2D eigenvalue weighted by Gasteiger charge is -2.13. The summed E-state index contributed by atoms with van der Waals surface area (Å²) in [6, 6.07) is 25.5. The Morgan fingerprint density at radius 1 is 0.783 bits per heavy atom. The number of benzene rings is 3. The molecule has 110 valence electrons. The first-order chi connectivity index (χ1) is 11.3. The molecule has 0 spiro atoms. The summed E-state index contributed by atoms with van der Waals surface area (Å²) >= 11 is 4.58. The van der Waals surface area contributed by atoms with Crippen molar-refractivity contribution >= 4 is 23.3 Å². The van der Waals surface area contributed by atoms with Crippen LogP contribution in [0.4, 0.5) is 0 Å². The Morgan fingerprint density at radius 3 is 2.00 bits per heavy atom. The Hall–Kier alpha value is -2.87. The Bertz CT molecular complexity index is 882. The first kappa shape index (κ1) is 15.0. The van der Waals surface area contributed by atoms with Crippen LogP contribution in [0.2, 0.25) is 0 Å². The number of hydrogen-bond acceptors (Lipinski definition) is 2. The van der Waals surface area contributed by atoms with Gasteiger partial charge in [-0.05, 0) is 35.0 Å². The number of isothiocyanates is 1. The minimum absolute atomic E-state index is 0.378. The van der Waals surface area contributed by atoms with Gasteiger partial charge in [0.05, 0.1) is 10.7 Å². The molecule has 3 aromatic rings. The number of nitrogens with zero attached hydrogens (tertiary/aromatic N) is 1. The van der Waals surface area contributed by atoms with Crippen molar-refractivity contribution in [2.45, 2.75) is 0 Å². The van der Waals surface area contributed by atoms with Gasteiger partial charge in [-0.15, -0.1) is 0 Å². The number of carbonyl (C=O) groups excluding carboxylic acids is 1. The molecule has 0 radical (unpaired) electrons. The molecule has 0 heterocycles. The Kier molecular flexibility index (Phi) is 4.53. The average molecular weight is 315 g/mol. The molecule has 0 fully saturated rings. The molecule has 0 aliphatic rings. The van der Waals surface area contributed by atoms with Crippen LogP contribution in [0.15, 0.2) is 83.9 Å². The van der Waals surface area contributed by atoms with Crippen molar-refractivity contribution in [1.29, 1.82) is 0 Å². The molecule has 0 atom stereocenters. The van der Waals surface area contributed by atoms with Crippen molar-refractivity contribution in [3.8, 4) is 22.3 Å². The van der Waals surface area contributed by atoms with Crippen molar-refractivity contribution in [2.75, 3.05) is 0 Å². The predicted octanol–water partition coefficient (Wildman–Crippen LogP) is 5.26. The fourth-order valence-electron chi connectivity index (χ4n) is 2.61. The zero-order chi connectivity index (χ0) is 16.1. The standard InChI is InChI=1S/C20H13NOS/c22-20(21-14-23)18-13-7-12-17(15-8-3-1-4-9-15)19(18)16-10-5-2-6-11-16/h1-13H. The van der Waals surface area contributed by atoms with Gasteiger partial charge in [-0.1, -0.05) is 72.8 Å². The summed E-state index contributed by atoms with van der Waals surface area (Å²) in [6.45, 7) is 0. The molecule has 2 nitrogen and oxygen atoms in total. The number of hydrogen-bond donors (Lipinski definition) is 0. The number of rotatable bonds is 3. The Morgan fingerprint density at radius 2 is 1.39 bits per heavy atom. The van der Waals surface area contributed by atoms with Gasteiger partial charge in [-0.25, -0.2) is 0 Å². The van der Waals surface area contributed by atoms with Gasteiger partial charge in [0.2, 0.25) is 0 Å². The van der Waals surface area contributed by atoms with Gasteiger partial charge in [0.25, 0.3) is 5.91 Å². The quantitative estimate of drug-likeness (QED) is 0.487. The van der Waals surface area contributed by atoms with Crippen molar-refractivity contribution in [2.24, 2.45) is 4.99 Å². The monoisotopic (exact) mass is 315 g/mol. The maximum Gasteiger partial charge on any atom is 0.286 e. The van der Waals surface area contributed by atoms with E-state index in [0.717, 1.165) is 22.3 Å². The van der Waals surface area contributed by atoms with E-state index in [2.05, 4.69) is 22.4 Å². The van der Waals surface area contributed by atoms with E-state index in [-0.39, 0.29) is 5.91 Å². The van der Waals surface area contributed by atoms with Crippen LogP contribution >= 0.6 is 12.2 Å². The molecule has 3 heteroatoms. The van der Waals surface area contributed by atoms with Gasteiger partial charge < -0.3 is 0 Å². The third kappa shape index (κ3) is 3.16. The second-order valence-electron chi connectivity index (χ2n) is 4.97. The highest BCUT2D eigenvalue weighted by atomic mass is 32.1. The first-order valence-electron chi connectivity index (χ1n) is 7.17. The fraction of sp³-hybridized carbons (Fsp3) is 0. The molecule has 23 heavy (non-hydrogen) atoms. The van der Waals surface area contributed by atoms with Crippen molar-refractivity contribution in [3.05, 3.63) is 84.4 Å². The number of aliphatic imine (C=N–C) groups is 1. The molecule has 3 aromatic carbocycles. The van der Waals surface area contributed by atoms with Crippen molar-refractivity contribution in [1.82, 2.24) is 0 Å². The normalized spacial score (nSPS) is 9.91. The summed E-state index contributed by atoms with van der Waals surface area (Å²) in [6.07, 6.45) is 0. The van der Waals surface area contributed by atoms with Crippen LogP contribution in [-0.2, 0) is 0 Å². The third-order valence-corrected chi connectivity index (χ3v) is 3.68. The van der Waals surface area contributed by atoms with Gasteiger partial charge in [0.1, 0.15) is 0 Å². The predicted molar refractivity (Wildman–Crippen MR) is 96.7 cm³/mol. The largest absolute Gasteiger partial charge is 0.286 e. The SMILES string of the molecule is O=C(N=C=S)c1cccc(-c2ccccc2)c1-c1ccccc1. The van der Waals surface area contributed by atoms with Crippen LogP contribution in [0.5, 0.6) is 0 Å². The van der Waals surface area contributed by atoms with Crippen LogP contribution in [0, 0.1) is 0 Å². The van der Waals surface area contributed by atoms with E-state index in [1.54, 1.807) is 6.07 Å². The molecule has 0 saturated heterocycles. The molecule has 0 N–H and O–H groups in total. The van der Waals surface area contributed by atoms with Crippen molar-refractivity contribution < 1.29 is 4.79 Å². The van der Waals surface area contributed by atoms with E-state index in [9.17, 15) is 4.79 Å². The molecule has 3 rings (SSSR count). The maximum atomic E-state index is 12.3. The van der Waals surface area contributed by atoms with E-state index >= 15 is 0 Å². The van der Waals surface area contributed by atoms with E-state index in [1.807, 2.05) is 72.8 Å². The van der Waals surface area contributed by atoms with Crippen molar-refractivity contribution in [3.63, 3.8) is 0 Å². The number of amides is 1. The highest BCUT2D eigenvalue weighted by Gasteiger charge is 2.16. The second kappa shape index (κ2) is 6.93. The van der Waals surface area contributed by atoms with E-state index < -0.39 is 0 Å². The molecule has 0 unspecified atom stereocenters. The summed E-state index contributed by atoms with van der Waals surface area (Å²) in [5.41, 5.74) is 4.39. The van der Waals surface area contributed by atoms with Gasteiger partial charge in [0, 0.05) is 5.56 Å².